The third kappa shape index (κ3) is 3.21. The van der Waals surface area contributed by atoms with Crippen molar-refractivity contribution in [3.63, 3.8) is 0 Å². The van der Waals surface area contributed by atoms with Gasteiger partial charge in [-0.3, -0.25) is 4.79 Å². The van der Waals surface area contributed by atoms with E-state index in [0.29, 0.717) is 35.9 Å². The number of nitrogens with zero attached hydrogens (tertiary/aromatic N) is 1. The molecule has 1 aromatic carbocycles. The first-order valence-electron chi connectivity index (χ1n) is 9.06. The van der Waals surface area contributed by atoms with Crippen LogP contribution in [-0.2, 0) is 0 Å². The maximum absolute atomic E-state index is 13.9. The summed E-state index contributed by atoms with van der Waals surface area (Å²) < 4.78 is 21.3. The maximum Gasteiger partial charge on any atom is 0.268 e. The number of ether oxygens (including phenoxy) is 1. The second-order valence-electron chi connectivity index (χ2n) is 7.25. The number of carbonyl (C=O) groups is 1. The zero-order valence-corrected chi connectivity index (χ0v) is 14.7. The van der Waals surface area contributed by atoms with Crippen molar-refractivity contribution in [1.82, 2.24) is 9.88 Å². The van der Waals surface area contributed by atoms with Crippen LogP contribution >= 0.6 is 0 Å². The second kappa shape index (κ2) is 6.76. The summed E-state index contributed by atoms with van der Waals surface area (Å²) in [6.45, 7) is 0. The summed E-state index contributed by atoms with van der Waals surface area (Å²) in [6.07, 6.45) is 4.89. The van der Waals surface area contributed by atoms with E-state index in [9.17, 15) is 14.3 Å². The summed E-state index contributed by atoms with van der Waals surface area (Å²) in [5.41, 5.74) is 1.23. The maximum atomic E-state index is 13.9. The molecule has 6 heteroatoms. The van der Waals surface area contributed by atoms with Crippen LogP contribution in [0.4, 0.5) is 4.39 Å². The van der Waals surface area contributed by atoms with Crippen molar-refractivity contribution < 1.29 is 19.0 Å². The highest BCUT2D eigenvalue weighted by molar-refractivity contribution is 5.93. The lowest BCUT2D eigenvalue weighted by Gasteiger charge is -2.38. The van der Waals surface area contributed by atoms with E-state index in [1.165, 1.54) is 19.2 Å². The molecule has 0 unspecified atom stereocenters. The number of hydrogen-bond donors (Lipinski definition) is 2. The largest absolute Gasteiger partial charge is 0.496 e. The summed E-state index contributed by atoms with van der Waals surface area (Å²) in [4.78, 5) is 12.9. The summed E-state index contributed by atoms with van der Waals surface area (Å²) in [6, 6.07) is 8.01. The molecule has 5 nitrogen and oxygen atoms in total. The molecule has 4 rings (SSSR count). The summed E-state index contributed by atoms with van der Waals surface area (Å²) in [5, 5.41) is 12.8. The molecule has 2 fully saturated rings. The Morgan fingerprint density at radius 1 is 1.35 bits per heavy atom. The Bertz CT molecular complexity index is 809. The monoisotopic (exact) mass is 358 g/mol. The van der Waals surface area contributed by atoms with Crippen molar-refractivity contribution in [2.45, 2.75) is 43.9 Å². The molecular weight excluding hydrogens is 335 g/mol. The molecule has 0 saturated heterocycles. The van der Waals surface area contributed by atoms with Gasteiger partial charge in [-0.05, 0) is 61.9 Å². The van der Waals surface area contributed by atoms with Crippen molar-refractivity contribution >= 4 is 5.91 Å². The number of methoxy groups -OCH3 is 1. The lowest BCUT2D eigenvalue weighted by molar-refractivity contribution is 0.0230. The molecule has 0 radical (unpaired) electrons. The molecule has 1 heterocycles. The quantitative estimate of drug-likeness (QED) is 0.833. The van der Waals surface area contributed by atoms with Gasteiger partial charge in [0.25, 0.3) is 5.91 Å². The highest BCUT2D eigenvalue weighted by atomic mass is 19.1. The van der Waals surface area contributed by atoms with Gasteiger partial charge in [0.1, 0.15) is 17.3 Å². The third-order valence-electron chi connectivity index (χ3n) is 5.39. The summed E-state index contributed by atoms with van der Waals surface area (Å²) in [7, 11) is 1.53. The minimum atomic E-state index is -0.404. The fraction of sp³-hybridized carbons (Fsp3) is 0.450. The number of nitrogens with one attached hydrogen (secondary N) is 1. The molecule has 1 amide bonds. The van der Waals surface area contributed by atoms with Crippen LogP contribution in [0, 0.1) is 11.7 Å². The molecule has 2 saturated carbocycles. The predicted molar refractivity (Wildman–Crippen MR) is 94.6 cm³/mol. The topological polar surface area (TPSA) is 63.5 Å². The van der Waals surface area contributed by atoms with E-state index in [1.807, 2.05) is 22.9 Å². The van der Waals surface area contributed by atoms with E-state index < -0.39 is 6.04 Å². The zero-order valence-electron chi connectivity index (χ0n) is 14.7. The van der Waals surface area contributed by atoms with Crippen LogP contribution in [0.3, 0.4) is 0 Å². The number of aliphatic hydroxyl groups excluding tert-OH is 1. The van der Waals surface area contributed by atoms with E-state index in [0.717, 1.165) is 12.8 Å². The predicted octanol–water partition coefficient (Wildman–Crippen LogP) is 3.21. The van der Waals surface area contributed by atoms with Gasteiger partial charge in [-0.15, -0.1) is 0 Å². The number of halogens is 1. The number of carbonyl (C=O) groups excluding carboxylic acids is 1. The summed E-state index contributed by atoms with van der Waals surface area (Å²) >= 11 is 0. The smallest absolute Gasteiger partial charge is 0.268 e. The summed E-state index contributed by atoms with van der Waals surface area (Å²) in [5.74, 6) is 0.0329. The Labute approximate surface area is 151 Å². The standard InChI is InChI=1S/C20H23FN2O3/c1-26-18-7-4-13(21)11-16(18)19(12-9-15(24)10-12)22-20(25)17-3-2-8-23(17)14-5-6-14/h2-4,7-8,11-12,14-15,19,24H,5-6,9-10H2,1H3,(H,22,25)/t12?,15?,19-/m0/s1. The van der Waals surface area contributed by atoms with E-state index >= 15 is 0 Å². The van der Waals surface area contributed by atoms with E-state index in [2.05, 4.69) is 5.32 Å². The van der Waals surface area contributed by atoms with Crippen LogP contribution in [0.25, 0.3) is 0 Å². The van der Waals surface area contributed by atoms with Gasteiger partial charge in [0.15, 0.2) is 0 Å². The first kappa shape index (κ1) is 17.1. The van der Waals surface area contributed by atoms with Gasteiger partial charge in [0, 0.05) is 17.8 Å². The molecule has 0 bridgehead atoms. The number of hydrogen-bond acceptors (Lipinski definition) is 3. The molecule has 2 aliphatic carbocycles. The average molecular weight is 358 g/mol. The van der Waals surface area contributed by atoms with E-state index in [1.54, 1.807) is 6.07 Å². The van der Waals surface area contributed by atoms with Crippen molar-refractivity contribution in [3.8, 4) is 5.75 Å². The van der Waals surface area contributed by atoms with Crippen LogP contribution in [0.1, 0.15) is 53.8 Å². The van der Waals surface area contributed by atoms with Crippen molar-refractivity contribution in [2.75, 3.05) is 7.11 Å². The Morgan fingerprint density at radius 2 is 2.12 bits per heavy atom. The van der Waals surface area contributed by atoms with Gasteiger partial charge in [-0.1, -0.05) is 0 Å². The van der Waals surface area contributed by atoms with Crippen molar-refractivity contribution in [1.29, 1.82) is 0 Å². The van der Waals surface area contributed by atoms with Gasteiger partial charge in [0.2, 0.25) is 0 Å². The van der Waals surface area contributed by atoms with Gasteiger partial charge in [0.05, 0.1) is 19.3 Å². The SMILES string of the molecule is COc1ccc(F)cc1[C@@H](NC(=O)c1cccn1C1CC1)C1CC(O)C1. The molecule has 138 valence electrons. The van der Waals surface area contributed by atoms with Gasteiger partial charge >= 0.3 is 0 Å². The van der Waals surface area contributed by atoms with Gasteiger partial charge in [-0.25, -0.2) is 4.39 Å². The molecule has 2 N–H and O–H groups in total. The highest BCUT2D eigenvalue weighted by Gasteiger charge is 2.38. The molecule has 0 aliphatic heterocycles. The van der Waals surface area contributed by atoms with Crippen molar-refractivity contribution in [2.24, 2.45) is 5.92 Å². The van der Waals surface area contributed by atoms with E-state index in [4.69, 9.17) is 4.74 Å². The fourth-order valence-corrected chi connectivity index (χ4v) is 3.77. The highest BCUT2D eigenvalue weighted by Crippen LogP contribution is 2.42. The van der Waals surface area contributed by atoms with Crippen LogP contribution < -0.4 is 10.1 Å². The molecule has 0 spiro atoms. The normalized spacial score (nSPS) is 23.2. The average Bonchev–Trinajstić information content (AvgIpc) is 3.33. The van der Waals surface area contributed by atoms with Crippen LogP contribution in [0.5, 0.6) is 5.75 Å². The second-order valence-corrected chi connectivity index (χ2v) is 7.25. The van der Waals surface area contributed by atoms with Crippen LogP contribution in [0.15, 0.2) is 36.5 Å². The molecule has 2 aliphatic rings. The van der Waals surface area contributed by atoms with Crippen LogP contribution in [-0.4, -0.2) is 28.8 Å². The van der Waals surface area contributed by atoms with Gasteiger partial charge in [-0.2, -0.15) is 0 Å². The minimum absolute atomic E-state index is 0.0500. The third-order valence-corrected chi connectivity index (χ3v) is 5.39. The van der Waals surface area contributed by atoms with Crippen molar-refractivity contribution in [3.05, 3.63) is 53.6 Å². The molecule has 26 heavy (non-hydrogen) atoms. The first-order chi connectivity index (χ1) is 12.6. The minimum Gasteiger partial charge on any atom is -0.496 e. The molecular formula is C20H23FN2O3. The van der Waals surface area contributed by atoms with E-state index in [-0.39, 0.29) is 23.7 Å². The number of amides is 1. The lowest BCUT2D eigenvalue weighted by atomic mass is 9.74. The Balaban J connectivity index is 1.63. The molecule has 2 aromatic rings. The fourth-order valence-electron chi connectivity index (χ4n) is 3.77. The number of benzene rings is 1. The Kier molecular flexibility index (Phi) is 4.44. The molecule has 1 atom stereocenters. The number of aromatic nitrogens is 1. The van der Waals surface area contributed by atoms with Gasteiger partial charge < -0.3 is 19.7 Å². The zero-order chi connectivity index (χ0) is 18.3. The number of aliphatic hydroxyl groups is 1. The Hall–Kier alpha value is -2.34. The number of rotatable bonds is 6. The molecule has 1 aromatic heterocycles. The first-order valence-corrected chi connectivity index (χ1v) is 9.06. The Morgan fingerprint density at radius 3 is 2.77 bits per heavy atom. The van der Waals surface area contributed by atoms with Crippen LogP contribution in [0.2, 0.25) is 0 Å². The lowest BCUT2D eigenvalue weighted by Crippen LogP contribution is -2.42.